The van der Waals surface area contributed by atoms with E-state index in [4.69, 9.17) is 28.4 Å². The number of hydrogen-bond donors (Lipinski definition) is 1. The van der Waals surface area contributed by atoms with Crippen molar-refractivity contribution in [3.63, 3.8) is 0 Å². The number of esters is 4. The Labute approximate surface area is 502 Å². The second-order valence-electron chi connectivity index (χ2n) is 26.0. The van der Waals surface area contributed by atoms with Gasteiger partial charge in [0.25, 0.3) is 0 Å². The van der Waals surface area contributed by atoms with Crippen molar-refractivity contribution >= 4 is 41.9 Å². The lowest BCUT2D eigenvalue weighted by atomic mass is 9.95. The molecule has 85 heavy (non-hydrogen) atoms. The number of nitrogens with one attached hydrogen (secondary N) is 1. The number of piperidine rings is 1. The fraction of sp³-hybridized carbons (Fsp3) is 0.615. The first-order chi connectivity index (χ1) is 39.7. The Morgan fingerprint density at radius 1 is 0.565 bits per heavy atom. The first-order valence-corrected chi connectivity index (χ1v) is 29.8. The topological polar surface area (TPSA) is 169 Å². The maximum absolute atomic E-state index is 15.1. The van der Waals surface area contributed by atoms with Crippen molar-refractivity contribution < 1.29 is 65.6 Å². The van der Waals surface area contributed by atoms with E-state index in [0.717, 1.165) is 41.2 Å². The number of hydrogen-bond acceptors (Lipinski definition) is 16. The lowest BCUT2D eigenvalue weighted by Gasteiger charge is -2.36. The summed E-state index contributed by atoms with van der Waals surface area (Å²) in [5, 5.41) is 2.93. The fourth-order valence-corrected chi connectivity index (χ4v) is 9.98. The molecule has 1 N–H and O–H groups in total. The normalized spacial score (nSPS) is 17.4. The predicted octanol–water partition coefficient (Wildman–Crippen LogP) is 9.31. The van der Waals surface area contributed by atoms with E-state index >= 15 is 13.2 Å². The molecule has 3 aromatic rings. The summed E-state index contributed by atoms with van der Waals surface area (Å²) in [5.41, 5.74) is 0.0947. The zero-order chi connectivity index (χ0) is 62.8. The summed E-state index contributed by atoms with van der Waals surface area (Å²) in [4.78, 5) is 76.3. The molecule has 0 saturated carbocycles. The average Bonchev–Trinajstić information content (AvgIpc) is 3.33. The maximum Gasteiger partial charge on any atom is 0.417 e. The van der Waals surface area contributed by atoms with Crippen LogP contribution in [0.3, 0.4) is 0 Å². The van der Waals surface area contributed by atoms with E-state index in [-0.39, 0.29) is 81.9 Å². The average molecular weight is 1190 g/mol. The predicted molar refractivity (Wildman–Crippen MR) is 323 cm³/mol. The lowest BCUT2D eigenvalue weighted by molar-refractivity contribution is -0.163. The number of likely N-dealkylation sites (tertiary alicyclic amines) is 1. The molecule has 0 unspecified atom stereocenters. The van der Waals surface area contributed by atoms with Crippen molar-refractivity contribution in [1.29, 1.82) is 0 Å². The van der Waals surface area contributed by atoms with Crippen LogP contribution in [0.2, 0.25) is 0 Å². The zero-order valence-electron chi connectivity index (χ0n) is 52.7. The minimum Gasteiger partial charge on any atom is -0.491 e. The van der Waals surface area contributed by atoms with Crippen LogP contribution in [-0.4, -0.2) is 194 Å². The van der Waals surface area contributed by atoms with E-state index < -0.39 is 64.1 Å². The van der Waals surface area contributed by atoms with Gasteiger partial charge in [-0.05, 0) is 149 Å². The molecule has 2 saturated heterocycles. The number of benzene rings is 3. The Morgan fingerprint density at radius 2 is 1.06 bits per heavy atom. The van der Waals surface area contributed by atoms with Gasteiger partial charge in [-0.15, -0.1) is 0 Å². The molecule has 2 aliphatic rings. The molecule has 1 atom stereocenters. The molecule has 0 aromatic heterocycles. The maximum atomic E-state index is 15.1. The second-order valence-corrected chi connectivity index (χ2v) is 26.0. The van der Waals surface area contributed by atoms with Gasteiger partial charge in [0.2, 0.25) is 5.91 Å². The molecule has 0 spiro atoms. The Balaban J connectivity index is 1.29. The van der Waals surface area contributed by atoms with Gasteiger partial charge in [0, 0.05) is 71.0 Å². The monoisotopic (exact) mass is 1190 g/mol. The fourth-order valence-electron chi connectivity index (χ4n) is 9.98. The van der Waals surface area contributed by atoms with Crippen LogP contribution in [0.4, 0.5) is 13.2 Å². The quantitative estimate of drug-likeness (QED) is 0.0463. The summed E-state index contributed by atoms with van der Waals surface area (Å²) in [6, 6.07) is 17.4. The molecule has 3 aromatic carbocycles. The Kier molecular flexibility index (Phi) is 26.0. The van der Waals surface area contributed by atoms with Gasteiger partial charge < -0.3 is 33.7 Å². The Bertz CT molecular complexity index is 2650. The number of alkyl halides is 3. The van der Waals surface area contributed by atoms with Crippen molar-refractivity contribution in [2.45, 2.75) is 150 Å². The zero-order valence-corrected chi connectivity index (χ0v) is 52.7. The highest BCUT2D eigenvalue weighted by atomic mass is 19.4. The molecule has 0 radical (unpaired) electrons. The van der Waals surface area contributed by atoms with Crippen LogP contribution in [0.1, 0.15) is 130 Å². The van der Waals surface area contributed by atoms with Crippen LogP contribution in [-0.2, 0) is 60.4 Å². The third kappa shape index (κ3) is 25.9. The van der Waals surface area contributed by atoms with Gasteiger partial charge in [-0.25, -0.2) is 0 Å². The van der Waals surface area contributed by atoms with Gasteiger partial charge in [-0.2, -0.15) is 13.2 Å². The molecule has 20 heteroatoms. The first kappa shape index (κ1) is 69.9. The highest BCUT2D eigenvalue weighted by Crippen LogP contribution is 2.39. The van der Waals surface area contributed by atoms with Crippen LogP contribution in [0.15, 0.2) is 60.7 Å². The molecule has 17 nitrogen and oxygen atoms in total. The van der Waals surface area contributed by atoms with Crippen molar-refractivity contribution in [1.82, 2.24) is 29.8 Å². The number of nitrogens with zero attached hydrogens (tertiary/aromatic N) is 5. The highest BCUT2D eigenvalue weighted by Gasteiger charge is 2.37. The SMILES string of the molecule is Cc1c(/C=C/c2cc(OCCOCCNC(=O)CN3CCN(CC(=O)OC(C)(C)C)CCN(CC(=O)OC(C)(C)C)CCN(CC(=O)OC(C)(C)C)CC3)c(CN3CCCC[C@H]3C(=O)OC(C)(C)C)cc2C(F)(F)F)cccc1-c1ccccc1. The largest absolute Gasteiger partial charge is 0.491 e. The minimum atomic E-state index is -4.73. The standard InChI is InChI=1S/C65H95F3N6O11/c1-47-48(22-19-23-52(47)49-20-15-14-16-21-49)25-26-50-41-55(51(40-53(50)65(66,67)68)42-74-28-18-17-24-54(74)60(79)85-64(11,12)13)81-39-38-80-37-27-69-56(75)43-70-29-31-71(44-57(76)82-61(2,3)4)33-35-73(46-59(78)84-63(8,9)10)36-34-72(32-30-70)45-58(77)83-62(5,6)7/h14-16,19-23,25-26,40-41,54H,17-18,24,27-39,42-46H2,1-13H3,(H,69,75)/b26-25+/t54-/m0/s1. The molecule has 0 bridgehead atoms. The Morgan fingerprint density at radius 3 is 1.55 bits per heavy atom. The number of carbonyl (C=O) groups is 5. The third-order valence-corrected chi connectivity index (χ3v) is 13.8. The van der Waals surface area contributed by atoms with Crippen LogP contribution in [0, 0.1) is 6.92 Å². The molecular weight excluding hydrogens is 1100 g/mol. The molecule has 472 valence electrons. The molecule has 2 heterocycles. The van der Waals surface area contributed by atoms with E-state index in [1.807, 2.05) is 80.0 Å². The third-order valence-electron chi connectivity index (χ3n) is 13.8. The summed E-state index contributed by atoms with van der Waals surface area (Å²) in [7, 11) is 0. The van der Waals surface area contributed by atoms with Gasteiger partial charge in [0.05, 0.1) is 45.0 Å². The first-order valence-electron chi connectivity index (χ1n) is 29.8. The van der Waals surface area contributed by atoms with Gasteiger partial charge in [-0.3, -0.25) is 48.5 Å². The molecule has 1 amide bonds. The van der Waals surface area contributed by atoms with E-state index in [0.29, 0.717) is 65.3 Å². The van der Waals surface area contributed by atoms with Crippen molar-refractivity contribution in [2.24, 2.45) is 0 Å². The van der Waals surface area contributed by atoms with E-state index in [1.165, 1.54) is 12.1 Å². The summed E-state index contributed by atoms with van der Waals surface area (Å²) in [6.07, 6.45) is 0.452. The van der Waals surface area contributed by atoms with Gasteiger partial charge >= 0.3 is 30.1 Å². The number of rotatable bonds is 21. The van der Waals surface area contributed by atoms with Crippen LogP contribution in [0.5, 0.6) is 5.75 Å². The number of halogens is 3. The van der Waals surface area contributed by atoms with E-state index in [9.17, 15) is 24.0 Å². The summed E-state index contributed by atoms with van der Waals surface area (Å²) >= 11 is 0. The smallest absolute Gasteiger partial charge is 0.417 e. The van der Waals surface area contributed by atoms with Crippen LogP contribution < -0.4 is 10.1 Å². The van der Waals surface area contributed by atoms with Gasteiger partial charge in [0.15, 0.2) is 0 Å². The summed E-state index contributed by atoms with van der Waals surface area (Å²) < 4.78 is 80.5. The molecule has 5 rings (SSSR count). The minimum absolute atomic E-state index is 0.00387. The number of ether oxygens (including phenoxy) is 6. The summed E-state index contributed by atoms with van der Waals surface area (Å²) in [5.74, 6) is -1.70. The highest BCUT2D eigenvalue weighted by molar-refractivity contribution is 5.80. The van der Waals surface area contributed by atoms with E-state index in [2.05, 4.69) is 5.32 Å². The lowest BCUT2D eigenvalue weighted by Crippen LogP contribution is -2.50. The van der Waals surface area contributed by atoms with Crippen LogP contribution in [0.25, 0.3) is 23.3 Å². The number of carbonyl (C=O) groups excluding carboxylic acids is 5. The van der Waals surface area contributed by atoms with E-state index in [1.54, 1.807) is 89.2 Å². The van der Waals surface area contributed by atoms with Crippen molar-refractivity contribution in [2.75, 3.05) is 111 Å². The second kappa shape index (κ2) is 31.7. The number of amides is 1. The Hall–Kier alpha value is -5.90. The molecule has 2 fully saturated rings. The molecule has 2 aliphatic heterocycles. The van der Waals surface area contributed by atoms with Crippen molar-refractivity contribution in [3.8, 4) is 16.9 Å². The molecule has 0 aliphatic carbocycles. The molecular formula is C65H95F3N6O11. The summed E-state index contributed by atoms with van der Waals surface area (Å²) in [6.45, 7) is 27.3. The van der Waals surface area contributed by atoms with Crippen LogP contribution >= 0.6 is 0 Å². The van der Waals surface area contributed by atoms with Gasteiger partial charge in [-0.1, -0.05) is 67.1 Å². The van der Waals surface area contributed by atoms with Crippen molar-refractivity contribution in [3.05, 3.63) is 88.5 Å². The van der Waals surface area contributed by atoms with Gasteiger partial charge in [0.1, 0.15) is 40.8 Å².